The minimum Gasteiger partial charge on any atom is -0.383 e. The highest BCUT2D eigenvalue weighted by molar-refractivity contribution is 6.29. The summed E-state index contributed by atoms with van der Waals surface area (Å²) in [5, 5.41) is 0.513. The van der Waals surface area contributed by atoms with Gasteiger partial charge in [0.25, 0.3) is 0 Å². The number of pyridine rings is 1. The highest BCUT2D eigenvalue weighted by Crippen LogP contribution is 2.23. The number of piperazine rings is 1. The van der Waals surface area contributed by atoms with Crippen molar-refractivity contribution in [1.82, 2.24) is 9.88 Å². The van der Waals surface area contributed by atoms with E-state index in [1.807, 2.05) is 12.1 Å². The van der Waals surface area contributed by atoms with Gasteiger partial charge in [0.1, 0.15) is 5.15 Å². The third kappa shape index (κ3) is 4.06. The SMILES string of the molecule is COCCN1CCN(c2ccc(Cl)nc2COC)CC1. The van der Waals surface area contributed by atoms with Gasteiger partial charge in [-0.15, -0.1) is 0 Å². The molecule has 1 aliphatic rings. The Balaban J connectivity index is 1.99. The largest absolute Gasteiger partial charge is 0.383 e. The Bertz CT molecular complexity index is 423. The molecule has 0 spiro atoms. The predicted octanol–water partition coefficient (Wildman–Crippen LogP) is 1.65. The number of hydrogen-bond donors (Lipinski definition) is 0. The number of hydrogen-bond acceptors (Lipinski definition) is 5. The van der Waals surface area contributed by atoms with Gasteiger partial charge in [0.15, 0.2) is 0 Å². The summed E-state index contributed by atoms with van der Waals surface area (Å²) in [7, 11) is 3.42. The highest BCUT2D eigenvalue weighted by Gasteiger charge is 2.19. The summed E-state index contributed by atoms with van der Waals surface area (Å²) in [5.41, 5.74) is 2.04. The summed E-state index contributed by atoms with van der Waals surface area (Å²) < 4.78 is 10.3. The number of nitrogens with zero attached hydrogens (tertiary/aromatic N) is 3. The van der Waals surface area contributed by atoms with E-state index in [0.717, 1.165) is 50.7 Å². The Kier molecular flexibility index (Phi) is 6.04. The molecule has 0 aromatic carbocycles. The van der Waals surface area contributed by atoms with Crippen LogP contribution in [-0.2, 0) is 16.1 Å². The molecule has 0 atom stereocenters. The Morgan fingerprint density at radius 2 is 1.90 bits per heavy atom. The molecule has 5 nitrogen and oxygen atoms in total. The summed E-state index contributed by atoms with van der Waals surface area (Å²) in [6.45, 7) is 6.33. The second-order valence-electron chi connectivity index (χ2n) is 4.85. The maximum absolute atomic E-state index is 5.96. The molecule has 2 heterocycles. The molecule has 112 valence electrons. The van der Waals surface area contributed by atoms with Crippen LogP contribution < -0.4 is 4.90 Å². The van der Waals surface area contributed by atoms with Crippen LogP contribution in [0.2, 0.25) is 5.15 Å². The number of methoxy groups -OCH3 is 2. The molecule has 0 saturated carbocycles. The third-order valence-electron chi connectivity index (χ3n) is 3.52. The quantitative estimate of drug-likeness (QED) is 0.747. The molecule has 1 aromatic rings. The van der Waals surface area contributed by atoms with Crippen LogP contribution in [0.5, 0.6) is 0 Å². The van der Waals surface area contributed by atoms with Gasteiger partial charge in [0, 0.05) is 46.9 Å². The maximum Gasteiger partial charge on any atom is 0.129 e. The van der Waals surface area contributed by atoms with Gasteiger partial charge in [0.2, 0.25) is 0 Å². The predicted molar refractivity (Wildman–Crippen MR) is 80.5 cm³/mol. The number of halogens is 1. The van der Waals surface area contributed by atoms with E-state index in [1.165, 1.54) is 0 Å². The Labute approximate surface area is 125 Å². The van der Waals surface area contributed by atoms with Crippen LogP contribution >= 0.6 is 11.6 Å². The molecule has 0 N–H and O–H groups in total. The van der Waals surface area contributed by atoms with Crippen LogP contribution in [0.4, 0.5) is 5.69 Å². The van der Waals surface area contributed by atoms with Crippen LogP contribution in [-0.4, -0.2) is 63.4 Å². The third-order valence-corrected chi connectivity index (χ3v) is 3.73. The van der Waals surface area contributed by atoms with Crippen molar-refractivity contribution in [3.8, 4) is 0 Å². The Morgan fingerprint density at radius 3 is 2.55 bits per heavy atom. The zero-order chi connectivity index (χ0) is 14.4. The molecule has 0 amide bonds. The van der Waals surface area contributed by atoms with E-state index in [4.69, 9.17) is 21.1 Å². The smallest absolute Gasteiger partial charge is 0.129 e. The van der Waals surface area contributed by atoms with E-state index >= 15 is 0 Å². The highest BCUT2D eigenvalue weighted by atomic mass is 35.5. The monoisotopic (exact) mass is 299 g/mol. The molecule has 0 radical (unpaired) electrons. The van der Waals surface area contributed by atoms with Gasteiger partial charge in [-0.2, -0.15) is 0 Å². The van der Waals surface area contributed by atoms with Crippen LogP contribution in [0, 0.1) is 0 Å². The fraction of sp³-hybridized carbons (Fsp3) is 0.643. The van der Waals surface area contributed by atoms with E-state index in [2.05, 4.69) is 14.8 Å². The van der Waals surface area contributed by atoms with Crippen molar-refractivity contribution >= 4 is 17.3 Å². The zero-order valence-electron chi connectivity index (χ0n) is 12.1. The van der Waals surface area contributed by atoms with Crippen molar-refractivity contribution in [3.05, 3.63) is 23.0 Å². The first kappa shape index (κ1) is 15.5. The number of rotatable bonds is 6. The normalized spacial score (nSPS) is 16.6. The van der Waals surface area contributed by atoms with E-state index in [0.29, 0.717) is 11.8 Å². The number of aromatic nitrogens is 1. The standard InChI is InChI=1S/C14H22ClN3O2/c1-19-10-9-17-5-7-18(8-6-17)13-3-4-14(15)16-12(13)11-20-2/h3-4H,5-11H2,1-2H3. The maximum atomic E-state index is 5.96. The fourth-order valence-corrected chi connectivity index (χ4v) is 2.60. The van der Waals surface area contributed by atoms with Gasteiger partial charge >= 0.3 is 0 Å². The molecule has 1 fully saturated rings. The lowest BCUT2D eigenvalue weighted by atomic mass is 10.2. The Hall–Kier alpha value is -0.880. The van der Waals surface area contributed by atoms with Crippen molar-refractivity contribution in [2.75, 3.05) is 58.5 Å². The van der Waals surface area contributed by atoms with Gasteiger partial charge in [-0.25, -0.2) is 4.98 Å². The molecule has 6 heteroatoms. The van der Waals surface area contributed by atoms with Crippen molar-refractivity contribution in [1.29, 1.82) is 0 Å². The number of ether oxygens (including phenoxy) is 2. The van der Waals surface area contributed by atoms with Gasteiger partial charge < -0.3 is 14.4 Å². The van der Waals surface area contributed by atoms with Crippen molar-refractivity contribution in [2.24, 2.45) is 0 Å². The zero-order valence-corrected chi connectivity index (χ0v) is 12.9. The summed E-state index contributed by atoms with van der Waals surface area (Å²) in [6, 6.07) is 3.88. The summed E-state index contributed by atoms with van der Waals surface area (Å²) >= 11 is 5.96. The van der Waals surface area contributed by atoms with Crippen LogP contribution in [0.15, 0.2) is 12.1 Å². The molecule has 1 saturated heterocycles. The van der Waals surface area contributed by atoms with Gasteiger partial charge in [-0.05, 0) is 12.1 Å². The first-order valence-electron chi connectivity index (χ1n) is 6.85. The first-order chi connectivity index (χ1) is 9.74. The lowest BCUT2D eigenvalue weighted by Crippen LogP contribution is -2.47. The lowest BCUT2D eigenvalue weighted by molar-refractivity contribution is 0.143. The minimum absolute atomic E-state index is 0.486. The second kappa shape index (κ2) is 7.78. The molecule has 20 heavy (non-hydrogen) atoms. The van der Waals surface area contributed by atoms with Crippen molar-refractivity contribution < 1.29 is 9.47 Å². The second-order valence-corrected chi connectivity index (χ2v) is 5.24. The van der Waals surface area contributed by atoms with Crippen LogP contribution in [0.3, 0.4) is 0 Å². The molecule has 0 unspecified atom stereocenters. The first-order valence-corrected chi connectivity index (χ1v) is 7.23. The van der Waals surface area contributed by atoms with Gasteiger partial charge in [-0.3, -0.25) is 4.90 Å². The molecular formula is C14H22ClN3O2. The van der Waals surface area contributed by atoms with E-state index in [1.54, 1.807) is 14.2 Å². The topological polar surface area (TPSA) is 37.8 Å². The fourth-order valence-electron chi connectivity index (χ4n) is 2.43. The number of anilines is 1. The molecular weight excluding hydrogens is 278 g/mol. The molecule has 0 aliphatic carbocycles. The van der Waals surface area contributed by atoms with Gasteiger partial charge in [-0.1, -0.05) is 11.6 Å². The molecule has 1 aliphatic heterocycles. The average molecular weight is 300 g/mol. The van der Waals surface area contributed by atoms with Crippen LogP contribution in [0.1, 0.15) is 5.69 Å². The average Bonchev–Trinajstić information content (AvgIpc) is 2.46. The molecule has 0 bridgehead atoms. The summed E-state index contributed by atoms with van der Waals surface area (Å²) in [4.78, 5) is 9.14. The van der Waals surface area contributed by atoms with E-state index < -0.39 is 0 Å². The Morgan fingerprint density at radius 1 is 1.15 bits per heavy atom. The molecule has 1 aromatic heterocycles. The van der Waals surface area contributed by atoms with E-state index in [-0.39, 0.29) is 0 Å². The summed E-state index contributed by atoms with van der Waals surface area (Å²) in [6.07, 6.45) is 0. The van der Waals surface area contributed by atoms with E-state index in [9.17, 15) is 0 Å². The minimum atomic E-state index is 0.486. The summed E-state index contributed by atoms with van der Waals surface area (Å²) in [5.74, 6) is 0. The van der Waals surface area contributed by atoms with Crippen molar-refractivity contribution in [3.63, 3.8) is 0 Å². The lowest BCUT2D eigenvalue weighted by Gasteiger charge is -2.36. The van der Waals surface area contributed by atoms with Crippen molar-refractivity contribution in [2.45, 2.75) is 6.61 Å². The molecule has 2 rings (SSSR count). The van der Waals surface area contributed by atoms with Gasteiger partial charge in [0.05, 0.1) is 24.6 Å². The van der Waals surface area contributed by atoms with Crippen LogP contribution in [0.25, 0.3) is 0 Å².